The van der Waals surface area contributed by atoms with Crippen LogP contribution < -0.4 is 5.32 Å². The summed E-state index contributed by atoms with van der Waals surface area (Å²) < 4.78 is 0. The van der Waals surface area contributed by atoms with Gasteiger partial charge in [-0.15, -0.1) is 0 Å². The smallest absolute Gasteiger partial charge is 0.0637 e. The lowest BCUT2D eigenvalue weighted by atomic mass is 9.88. The summed E-state index contributed by atoms with van der Waals surface area (Å²) in [6.45, 7) is 7.72. The maximum atomic E-state index is 6.40. The van der Waals surface area contributed by atoms with Crippen LogP contribution in [-0.4, -0.2) is 29.6 Å². The summed E-state index contributed by atoms with van der Waals surface area (Å²) in [7, 11) is 0. The largest absolute Gasteiger partial charge is 0.311 e. The molecular formula is C17H24Cl2N2. The molecular weight excluding hydrogens is 303 g/mol. The quantitative estimate of drug-likeness (QED) is 0.885. The second-order valence-electron chi connectivity index (χ2n) is 6.71. The molecule has 0 radical (unpaired) electrons. The molecule has 0 amide bonds. The molecule has 116 valence electrons. The van der Waals surface area contributed by atoms with Gasteiger partial charge in [0.15, 0.2) is 0 Å². The van der Waals surface area contributed by atoms with Crippen LogP contribution in [0.2, 0.25) is 10.0 Å². The highest BCUT2D eigenvalue weighted by Crippen LogP contribution is 2.45. The van der Waals surface area contributed by atoms with Crippen molar-refractivity contribution >= 4 is 23.2 Å². The first-order valence-corrected chi connectivity index (χ1v) is 8.71. The molecule has 1 aliphatic carbocycles. The summed E-state index contributed by atoms with van der Waals surface area (Å²) in [4.78, 5) is 2.63. The number of hydrogen-bond donors (Lipinski definition) is 1. The van der Waals surface area contributed by atoms with Gasteiger partial charge in [0.25, 0.3) is 0 Å². The third kappa shape index (κ3) is 3.10. The molecule has 1 saturated heterocycles. The topological polar surface area (TPSA) is 15.3 Å². The lowest BCUT2D eigenvalue weighted by Gasteiger charge is -2.49. The summed E-state index contributed by atoms with van der Waals surface area (Å²) in [6.07, 6.45) is 3.88. The average molecular weight is 327 g/mol. The van der Waals surface area contributed by atoms with E-state index in [2.05, 4.69) is 30.1 Å². The van der Waals surface area contributed by atoms with Crippen LogP contribution >= 0.6 is 23.2 Å². The fourth-order valence-corrected chi connectivity index (χ4v) is 3.88. The number of hydrogen-bond acceptors (Lipinski definition) is 2. The lowest BCUT2D eigenvalue weighted by molar-refractivity contribution is 0.0271. The molecule has 21 heavy (non-hydrogen) atoms. The fourth-order valence-electron chi connectivity index (χ4n) is 3.50. The first-order valence-electron chi connectivity index (χ1n) is 7.96. The Bertz CT molecular complexity index is 516. The second kappa shape index (κ2) is 6.08. The van der Waals surface area contributed by atoms with E-state index >= 15 is 0 Å². The molecule has 0 aromatic heterocycles. The zero-order valence-electron chi connectivity index (χ0n) is 12.8. The Morgan fingerprint density at radius 1 is 1.33 bits per heavy atom. The van der Waals surface area contributed by atoms with Crippen LogP contribution in [0.4, 0.5) is 0 Å². The minimum Gasteiger partial charge on any atom is -0.311 e. The standard InChI is InChI=1S/C17H24Cl2N2/c1-3-14-10-21(17(2,11-20-14)13-7-8-13)9-12-5-4-6-15(18)16(12)19/h4-6,13-14,20H,3,7-11H2,1-2H3. The Morgan fingerprint density at radius 2 is 2.10 bits per heavy atom. The predicted octanol–water partition coefficient (Wildman–Crippen LogP) is 4.35. The normalized spacial score (nSPS) is 30.6. The van der Waals surface area contributed by atoms with Crippen molar-refractivity contribution in [3.63, 3.8) is 0 Å². The van der Waals surface area contributed by atoms with E-state index in [1.54, 1.807) is 0 Å². The molecule has 1 aromatic rings. The first-order chi connectivity index (χ1) is 10.0. The van der Waals surface area contributed by atoms with Gasteiger partial charge < -0.3 is 5.32 Å². The van der Waals surface area contributed by atoms with Gasteiger partial charge in [-0.05, 0) is 43.7 Å². The third-order valence-corrected chi connectivity index (χ3v) is 6.11. The molecule has 2 nitrogen and oxygen atoms in total. The molecule has 1 aromatic carbocycles. The molecule has 1 saturated carbocycles. The summed E-state index contributed by atoms with van der Waals surface area (Å²) in [5, 5.41) is 5.09. The first kappa shape index (κ1) is 15.6. The van der Waals surface area contributed by atoms with Crippen molar-refractivity contribution in [3.8, 4) is 0 Å². The van der Waals surface area contributed by atoms with E-state index in [1.807, 2.05) is 12.1 Å². The number of nitrogens with zero attached hydrogens (tertiary/aromatic N) is 1. The van der Waals surface area contributed by atoms with Crippen molar-refractivity contribution in [2.24, 2.45) is 5.92 Å². The fraction of sp³-hybridized carbons (Fsp3) is 0.647. The molecule has 2 aliphatic rings. The van der Waals surface area contributed by atoms with Crippen LogP contribution in [0.1, 0.15) is 38.7 Å². The van der Waals surface area contributed by atoms with Crippen LogP contribution in [-0.2, 0) is 6.54 Å². The molecule has 1 aliphatic heterocycles. The van der Waals surface area contributed by atoms with Crippen molar-refractivity contribution < 1.29 is 0 Å². The van der Waals surface area contributed by atoms with E-state index in [0.29, 0.717) is 16.1 Å². The Labute approximate surface area is 137 Å². The van der Waals surface area contributed by atoms with E-state index in [-0.39, 0.29) is 5.54 Å². The van der Waals surface area contributed by atoms with Gasteiger partial charge in [-0.25, -0.2) is 0 Å². The second-order valence-corrected chi connectivity index (χ2v) is 7.50. The van der Waals surface area contributed by atoms with E-state index in [0.717, 1.165) is 31.1 Å². The Morgan fingerprint density at radius 3 is 2.76 bits per heavy atom. The van der Waals surface area contributed by atoms with Gasteiger partial charge in [0.2, 0.25) is 0 Å². The monoisotopic (exact) mass is 326 g/mol. The molecule has 1 N–H and O–H groups in total. The highest BCUT2D eigenvalue weighted by Gasteiger charge is 2.48. The predicted molar refractivity (Wildman–Crippen MR) is 90.1 cm³/mol. The van der Waals surface area contributed by atoms with Crippen molar-refractivity contribution in [3.05, 3.63) is 33.8 Å². The molecule has 2 unspecified atom stereocenters. The van der Waals surface area contributed by atoms with E-state index in [9.17, 15) is 0 Å². The van der Waals surface area contributed by atoms with Gasteiger partial charge in [-0.2, -0.15) is 0 Å². The van der Waals surface area contributed by atoms with Gasteiger partial charge in [0.05, 0.1) is 10.0 Å². The van der Waals surface area contributed by atoms with Crippen LogP contribution in [0.5, 0.6) is 0 Å². The summed E-state index contributed by atoms with van der Waals surface area (Å²) in [5.41, 5.74) is 1.39. The molecule has 2 atom stereocenters. The molecule has 3 rings (SSSR count). The van der Waals surface area contributed by atoms with Crippen molar-refractivity contribution in [1.82, 2.24) is 10.2 Å². The van der Waals surface area contributed by atoms with Crippen molar-refractivity contribution in [1.29, 1.82) is 0 Å². The van der Waals surface area contributed by atoms with Crippen LogP contribution in [0.15, 0.2) is 18.2 Å². The van der Waals surface area contributed by atoms with Crippen LogP contribution in [0, 0.1) is 5.92 Å². The lowest BCUT2D eigenvalue weighted by Crippen LogP contribution is -2.63. The Hall–Kier alpha value is -0.280. The van der Waals surface area contributed by atoms with Gasteiger partial charge in [0.1, 0.15) is 0 Å². The molecule has 0 spiro atoms. The number of benzene rings is 1. The molecule has 2 fully saturated rings. The highest BCUT2D eigenvalue weighted by atomic mass is 35.5. The van der Waals surface area contributed by atoms with Crippen molar-refractivity contribution in [2.45, 2.75) is 51.2 Å². The average Bonchev–Trinajstić information content (AvgIpc) is 3.31. The van der Waals surface area contributed by atoms with Gasteiger partial charge in [-0.1, -0.05) is 42.3 Å². The van der Waals surface area contributed by atoms with Gasteiger partial charge >= 0.3 is 0 Å². The number of nitrogens with one attached hydrogen (secondary N) is 1. The van der Waals surface area contributed by atoms with E-state index in [1.165, 1.54) is 19.3 Å². The highest BCUT2D eigenvalue weighted by molar-refractivity contribution is 6.42. The molecule has 0 bridgehead atoms. The SMILES string of the molecule is CCC1CN(Cc2cccc(Cl)c2Cl)C(C)(C2CC2)CN1. The maximum absolute atomic E-state index is 6.40. The molecule has 4 heteroatoms. The minimum absolute atomic E-state index is 0.247. The van der Waals surface area contributed by atoms with Gasteiger partial charge in [0, 0.05) is 31.2 Å². The zero-order valence-corrected chi connectivity index (χ0v) is 14.3. The maximum Gasteiger partial charge on any atom is 0.0637 e. The summed E-state index contributed by atoms with van der Waals surface area (Å²) >= 11 is 12.6. The van der Waals surface area contributed by atoms with Crippen molar-refractivity contribution in [2.75, 3.05) is 13.1 Å². The molecule has 1 heterocycles. The van der Waals surface area contributed by atoms with Gasteiger partial charge in [-0.3, -0.25) is 4.90 Å². The number of piperazine rings is 1. The third-order valence-electron chi connectivity index (χ3n) is 5.25. The Balaban J connectivity index is 1.83. The van der Waals surface area contributed by atoms with Crippen LogP contribution in [0.25, 0.3) is 0 Å². The van der Waals surface area contributed by atoms with E-state index in [4.69, 9.17) is 23.2 Å². The van der Waals surface area contributed by atoms with E-state index < -0.39 is 0 Å². The Kier molecular flexibility index (Phi) is 4.52. The minimum atomic E-state index is 0.247. The zero-order chi connectivity index (χ0) is 15.0. The summed E-state index contributed by atoms with van der Waals surface area (Å²) in [6, 6.07) is 6.54. The number of halogens is 2. The van der Waals surface area contributed by atoms with Crippen LogP contribution in [0.3, 0.4) is 0 Å². The summed E-state index contributed by atoms with van der Waals surface area (Å²) in [5.74, 6) is 0.820. The number of rotatable bonds is 4.